The Kier molecular flexibility index (Phi) is 8.84. The largest absolute Gasteiger partial charge is 0.458 e. The minimum absolute atomic E-state index is 0.00825. The minimum Gasteiger partial charge on any atom is -0.458 e. The molecule has 1 aromatic heterocycles. The zero-order valence-corrected chi connectivity index (χ0v) is 47.7. The van der Waals surface area contributed by atoms with Crippen LogP contribution in [-0.4, -0.2) is 11.3 Å². The highest BCUT2D eigenvalue weighted by Gasteiger charge is 2.49. The van der Waals surface area contributed by atoms with E-state index in [1.165, 1.54) is 4.57 Å². The lowest BCUT2D eigenvalue weighted by molar-refractivity contribution is 0.487. The molecule has 14 aromatic rings. The zero-order chi connectivity index (χ0) is 69.3. The third-order valence-electron chi connectivity index (χ3n) is 18.0. The van der Waals surface area contributed by atoms with Crippen LogP contribution in [0.4, 0.5) is 17.1 Å². The van der Waals surface area contributed by atoms with Crippen LogP contribution in [0, 0.1) is 0 Å². The van der Waals surface area contributed by atoms with Gasteiger partial charge in [0, 0.05) is 39.3 Å². The maximum Gasteiger partial charge on any atom is 0.256 e. The van der Waals surface area contributed by atoms with E-state index in [1.807, 2.05) is 78.9 Å². The Morgan fingerprint density at radius 1 is 0.414 bits per heavy atom. The van der Waals surface area contributed by atoms with E-state index in [4.69, 9.17) is 11.6 Å². The monoisotopic (exact) mass is 1120 g/mol. The molecule has 87 heavy (non-hydrogen) atoms. The Hall–Kier alpha value is -10.7. The van der Waals surface area contributed by atoms with Crippen LogP contribution in [0.2, 0.25) is 0 Å². The van der Waals surface area contributed by atoms with Gasteiger partial charge in [0.1, 0.15) is 11.5 Å². The fourth-order valence-corrected chi connectivity index (χ4v) is 14.2. The molecule has 3 aliphatic rings. The molecule has 0 radical (unpaired) electrons. The van der Waals surface area contributed by atoms with E-state index < -0.39 is 84.0 Å². The van der Waals surface area contributed by atoms with Crippen LogP contribution in [0.1, 0.15) is 66.4 Å². The maximum atomic E-state index is 9.75. The first-order chi connectivity index (χ1) is 48.2. The summed E-state index contributed by atoms with van der Waals surface area (Å²) >= 11 is 0. The summed E-state index contributed by atoms with van der Waals surface area (Å²) < 4.78 is 130. The van der Waals surface area contributed by atoms with Crippen LogP contribution >= 0.6 is 0 Å². The van der Waals surface area contributed by atoms with Gasteiger partial charge < -0.3 is 14.2 Å². The van der Waals surface area contributed by atoms with E-state index in [0.717, 1.165) is 83.3 Å². The number of benzene rings is 13. The van der Waals surface area contributed by atoms with E-state index in [9.17, 15) is 11.0 Å². The summed E-state index contributed by atoms with van der Waals surface area (Å²) in [6.45, 7) is 5.81. The predicted molar refractivity (Wildman–Crippen MR) is 364 cm³/mol. The van der Waals surface area contributed by atoms with E-state index in [-0.39, 0.29) is 45.1 Å². The number of fused-ring (bicyclic) bond motifs is 10. The first kappa shape index (κ1) is 39.0. The van der Waals surface area contributed by atoms with Crippen LogP contribution in [0.25, 0.3) is 83.1 Å². The Morgan fingerprint density at radius 3 is 1.62 bits per heavy atom. The number of para-hydroxylation sites is 2. The van der Waals surface area contributed by atoms with E-state index >= 15 is 0 Å². The molecule has 0 fully saturated rings. The quantitative estimate of drug-likeness (QED) is 0.141. The molecule has 3 nitrogen and oxygen atoms in total. The van der Waals surface area contributed by atoms with Crippen molar-refractivity contribution in [2.24, 2.45) is 0 Å². The maximum absolute atomic E-state index is 9.75. The van der Waals surface area contributed by atoms with E-state index in [2.05, 4.69) is 165 Å². The molecule has 0 saturated heterocycles. The number of anilines is 3. The van der Waals surface area contributed by atoms with Crippen LogP contribution in [0.5, 0.6) is 11.5 Å². The topological polar surface area (TPSA) is 17.4 Å². The van der Waals surface area contributed by atoms with Crippen molar-refractivity contribution < 1.29 is 22.6 Å². The normalized spacial score (nSPS) is 15.5. The second-order valence-corrected chi connectivity index (χ2v) is 23.7. The molecule has 1 aliphatic carbocycles. The first-order valence-electron chi connectivity index (χ1n) is 35.9. The van der Waals surface area contributed by atoms with Gasteiger partial charge >= 0.3 is 0 Å². The van der Waals surface area contributed by atoms with Gasteiger partial charge in [-0.1, -0.05) is 275 Å². The summed E-state index contributed by atoms with van der Waals surface area (Å²) in [7, 11) is 0. The third-order valence-corrected chi connectivity index (χ3v) is 18.0. The lowest BCUT2D eigenvalue weighted by Gasteiger charge is -2.42. The van der Waals surface area contributed by atoms with Gasteiger partial charge in [0.15, 0.2) is 0 Å². The Balaban J connectivity index is 1.03. The van der Waals surface area contributed by atoms with Crippen LogP contribution in [0.15, 0.2) is 303 Å². The number of nitrogens with zero attached hydrogens (tertiary/aromatic N) is 2. The lowest BCUT2D eigenvalue weighted by Crippen LogP contribution is -2.59. The number of ether oxygens (including phenoxy) is 1. The van der Waals surface area contributed by atoms with Crippen molar-refractivity contribution in [3.8, 4) is 72.8 Å². The van der Waals surface area contributed by atoms with Gasteiger partial charge in [-0.25, -0.2) is 0 Å². The van der Waals surface area contributed by atoms with Crippen molar-refractivity contribution in [2.75, 3.05) is 4.90 Å². The molecule has 0 atom stereocenters. The van der Waals surface area contributed by atoms with Crippen molar-refractivity contribution in [1.29, 1.82) is 0 Å². The van der Waals surface area contributed by atoms with Crippen molar-refractivity contribution in [2.45, 2.75) is 31.6 Å². The average Bonchev–Trinajstić information content (AvgIpc) is 1.34. The molecular formula is C83H59BN2O. The van der Waals surface area contributed by atoms with Gasteiger partial charge in [0.05, 0.1) is 45.6 Å². The summed E-state index contributed by atoms with van der Waals surface area (Å²) in [5.41, 5.74) is 16.1. The fraction of sp³-hybridized carbons (Fsp3) is 0.0602. The van der Waals surface area contributed by atoms with Crippen molar-refractivity contribution >= 4 is 62.0 Å². The summed E-state index contributed by atoms with van der Waals surface area (Å²) in [5.74, 6) is 0.832. The molecule has 2 aliphatic heterocycles. The molecule has 0 N–H and O–H groups in total. The Labute approximate surface area is 527 Å². The fourth-order valence-electron chi connectivity index (χ4n) is 14.2. The summed E-state index contributed by atoms with van der Waals surface area (Å²) in [5, 5.41) is -0.174. The predicted octanol–water partition coefficient (Wildman–Crippen LogP) is 19.5. The van der Waals surface area contributed by atoms with Gasteiger partial charge in [0.25, 0.3) is 6.71 Å². The lowest BCUT2D eigenvalue weighted by atomic mass is 9.34. The highest BCUT2D eigenvalue weighted by atomic mass is 16.5. The molecule has 0 unspecified atom stereocenters. The second-order valence-electron chi connectivity index (χ2n) is 23.7. The molecule has 0 bridgehead atoms. The number of hydrogen-bond acceptors (Lipinski definition) is 2. The minimum atomic E-state index is -0.779. The smallest absolute Gasteiger partial charge is 0.256 e. The number of hydrogen-bond donors (Lipinski definition) is 0. The molecule has 0 saturated carbocycles. The number of aromatic nitrogens is 1. The Morgan fingerprint density at radius 2 is 0.977 bits per heavy atom. The average molecular weight is 1120 g/mol. The SMILES string of the molecule is [2H]c1c([2H])c([2H])c(-c2ccc3c(c2)N(c2c(-c4ccccc4)cc(C(C)(C)C)cc2-c2ccccc2)c2cc(-n4c5c([2H])c([2H])c([2H])c([2H])c5c5c([2H])c([2H])c([2H])c([2H])c54)cc4c2B3c2cc(-c3cccc5c3C(c3ccccc3)(c3ccccc3)c3ccccc3-5)ccc2O4)c([2H])c1[2H]. The van der Waals surface area contributed by atoms with E-state index in [0.29, 0.717) is 39.6 Å². The van der Waals surface area contributed by atoms with Gasteiger partial charge in [-0.05, 0) is 137 Å². The van der Waals surface area contributed by atoms with Gasteiger partial charge in [0.2, 0.25) is 0 Å². The summed E-state index contributed by atoms with van der Waals surface area (Å²) in [6, 6.07) is 70.3. The van der Waals surface area contributed by atoms with Crippen LogP contribution in [0.3, 0.4) is 0 Å². The summed E-state index contributed by atoms with van der Waals surface area (Å²) in [4.78, 5) is 2.15. The molecule has 410 valence electrons. The van der Waals surface area contributed by atoms with Crippen molar-refractivity contribution in [3.63, 3.8) is 0 Å². The molecule has 4 heteroatoms. The van der Waals surface area contributed by atoms with E-state index in [1.54, 1.807) is 6.07 Å². The number of rotatable bonds is 8. The standard InChI is InChI=1S/C83H59BN2O/c1-82(2,3)61-50-68(55-28-11-5-12-29-55)81(69(51-61)56-30-13-6-14-31-56)86-75-49-57(54-26-9-4-10-27-54)44-46-71(75)84-72-48-58(45-47-77(72)87-78-53-62(52-76(86)80(78)84)85-73-42-23-20-37-65(73)66-38-21-24-43-74(66)85)63-39-25-40-67-64-36-19-22-41-70(64)83(79(63)67,59-32-15-7-16-33-59)60-34-17-8-18-35-60/h4-53H,1-3H3/i4D,9D,10D,20D,21D,23D,24D,26D,27D,37D,38D,42D,43D. The highest BCUT2D eigenvalue weighted by Crippen LogP contribution is 2.59. The zero-order valence-electron chi connectivity index (χ0n) is 60.7. The molecular weight excluding hydrogens is 1050 g/mol. The molecule has 17 rings (SSSR count). The second kappa shape index (κ2) is 19.7. The molecule has 3 heterocycles. The van der Waals surface area contributed by atoms with Crippen LogP contribution < -0.4 is 26.0 Å². The van der Waals surface area contributed by atoms with Gasteiger partial charge in [-0.15, -0.1) is 0 Å². The third kappa shape index (κ3) is 7.77. The first-order valence-corrected chi connectivity index (χ1v) is 29.4. The summed E-state index contributed by atoms with van der Waals surface area (Å²) in [6.07, 6.45) is 0. The van der Waals surface area contributed by atoms with Crippen molar-refractivity contribution in [1.82, 2.24) is 4.57 Å². The van der Waals surface area contributed by atoms with Crippen molar-refractivity contribution in [3.05, 3.63) is 331 Å². The van der Waals surface area contributed by atoms with Gasteiger partial charge in [-0.2, -0.15) is 0 Å². The van der Waals surface area contributed by atoms with Gasteiger partial charge in [-0.3, -0.25) is 0 Å². The molecule has 13 aromatic carbocycles. The highest BCUT2D eigenvalue weighted by molar-refractivity contribution is 6.99. The molecule has 0 spiro atoms. The molecule has 0 amide bonds. The van der Waals surface area contributed by atoms with Crippen LogP contribution in [-0.2, 0) is 10.8 Å². The Bertz CT molecular complexity index is 5650.